The zero-order chi connectivity index (χ0) is 21.0. The van der Waals surface area contributed by atoms with Gasteiger partial charge in [0.2, 0.25) is 11.1 Å². The summed E-state index contributed by atoms with van der Waals surface area (Å²) in [6.07, 6.45) is 3.89. The topological polar surface area (TPSA) is 77.6 Å². The predicted molar refractivity (Wildman–Crippen MR) is 122 cm³/mol. The average Bonchev–Trinajstić information content (AvgIpc) is 3.50. The van der Waals surface area contributed by atoms with Crippen molar-refractivity contribution in [2.75, 3.05) is 11.1 Å². The molecule has 0 saturated heterocycles. The zero-order valence-corrected chi connectivity index (χ0v) is 17.2. The number of fused-ring (bicyclic) bond motifs is 1. The van der Waals surface area contributed by atoms with Crippen LogP contribution in [0.15, 0.2) is 96.4 Å². The largest absolute Gasteiger partial charge is 0.324 e. The Morgan fingerprint density at radius 1 is 0.871 bits per heavy atom. The fourth-order valence-corrected chi connectivity index (χ4v) is 4.11. The molecule has 31 heavy (non-hydrogen) atoms. The van der Waals surface area contributed by atoms with E-state index < -0.39 is 0 Å². The fraction of sp³-hybridized carbons (Fsp3) is 0.0435. The van der Waals surface area contributed by atoms with Crippen molar-refractivity contribution in [1.29, 1.82) is 0 Å². The number of para-hydroxylation sites is 2. The SMILES string of the molecule is O=C(CSc1nnnn1-c1cccc2ccccc12)Nc1ccccc1-n1cccc1. The van der Waals surface area contributed by atoms with Gasteiger partial charge < -0.3 is 9.88 Å². The second-order valence-electron chi connectivity index (χ2n) is 6.82. The first-order chi connectivity index (χ1) is 15.3. The first-order valence-electron chi connectivity index (χ1n) is 9.71. The number of rotatable bonds is 6. The number of hydrogen-bond donors (Lipinski definition) is 1. The smallest absolute Gasteiger partial charge is 0.234 e. The van der Waals surface area contributed by atoms with Crippen LogP contribution in [0.1, 0.15) is 0 Å². The molecule has 7 nitrogen and oxygen atoms in total. The molecule has 1 amide bonds. The minimum atomic E-state index is -0.128. The maximum absolute atomic E-state index is 12.7. The van der Waals surface area contributed by atoms with Gasteiger partial charge in [0.25, 0.3) is 0 Å². The number of carbonyl (C=O) groups is 1. The van der Waals surface area contributed by atoms with Crippen molar-refractivity contribution in [2.24, 2.45) is 0 Å². The van der Waals surface area contributed by atoms with Crippen LogP contribution in [-0.4, -0.2) is 36.4 Å². The van der Waals surface area contributed by atoms with E-state index in [4.69, 9.17) is 0 Å². The molecular weight excluding hydrogens is 408 g/mol. The van der Waals surface area contributed by atoms with E-state index >= 15 is 0 Å². The van der Waals surface area contributed by atoms with Gasteiger partial charge in [0.1, 0.15) is 0 Å². The number of benzene rings is 3. The first-order valence-corrected chi connectivity index (χ1v) is 10.7. The van der Waals surface area contributed by atoms with Gasteiger partial charge in [-0.2, -0.15) is 4.68 Å². The molecule has 0 radical (unpaired) electrons. The third-order valence-corrected chi connectivity index (χ3v) is 5.75. The molecule has 0 atom stereocenters. The Morgan fingerprint density at radius 2 is 1.61 bits per heavy atom. The number of thioether (sulfide) groups is 1. The van der Waals surface area contributed by atoms with E-state index in [2.05, 4.69) is 20.8 Å². The van der Waals surface area contributed by atoms with Crippen molar-refractivity contribution in [3.8, 4) is 11.4 Å². The van der Waals surface area contributed by atoms with Crippen molar-refractivity contribution < 1.29 is 4.79 Å². The Hall–Kier alpha value is -3.91. The maximum Gasteiger partial charge on any atom is 0.234 e. The Kier molecular flexibility index (Phi) is 5.20. The summed E-state index contributed by atoms with van der Waals surface area (Å²) in [6.45, 7) is 0. The van der Waals surface area contributed by atoms with Crippen molar-refractivity contribution in [1.82, 2.24) is 24.8 Å². The summed E-state index contributed by atoms with van der Waals surface area (Å²) in [5.41, 5.74) is 2.54. The number of hydrogen-bond acceptors (Lipinski definition) is 5. The molecule has 5 aromatic rings. The third kappa shape index (κ3) is 3.93. The van der Waals surface area contributed by atoms with Gasteiger partial charge >= 0.3 is 0 Å². The van der Waals surface area contributed by atoms with Gasteiger partial charge in [-0.05, 0) is 46.1 Å². The molecule has 0 unspecified atom stereocenters. The van der Waals surface area contributed by atoms with E-state index in [1.54, 1.807) is 4.68 Å². The molecule has 8 heteroatoms. The number of nitrogens with one attached hydrogen (secondary N) is 1. The third-order valence-electron chi connectivity index (χ3n) is 4.83. The van der Waals surface area contributed by atoms with Gasteiger partial charge in [0.15, 0.2) is 0 Å². The highest BCUT2D eigenvalue weighted by Crippen LogP contribution is 2.26. The van der Waals surface area contributed by atoms with Gasteiger partial charge in [-0.1, -0.05) is 60.3 Å². The van der Waals surface area contributed by atoms with E-state index in [1.807, 2.05) is 95.8 Å². The van der Waals surface area contributed by atoms with Crippen LogP contribution in [-0.2, 0) is 4.79 Å². The molecule has 0 saturated carbocycles. The highest BCUT2D eigenvalue weighted by Gasteiger charge is 2.14. The fourth-order valence-electron chi connectivity index (χ4n) is 3.43. The second-order valence-corrected chi connectivity index (χ2v) is 7.76. The summed E-state index contributed by atoms with van der Waals surface area (Å²) in [7, 11) is 0. The molecule has 2 heterocycles. The molecule has 0 aliphatic carbocycles. The number of nitrogens with zero attached hydrogens (tertiary/aromatic N) is 5. The molecule has 0 aliphatic rings. The van der Waals surface area contributed by atoms with Crippen LogP contribution in [0.4, 0.5) is 5.69 Å². The molecule has 0 fully saturated rings. The average molecular weight is 427 g/mol. The molecule has 0 aliphatic heterocycles. The highest BCUT2D eigenvalue weighted by molar-refractivity contribution is 7.99. The predicted octanol–water partition coefficient (Wildman–Crippen LogP) is 4.34. The minimum Gasteiger partial charge on any atom is -0.324 e. The standard InChI is InChI=1S/C23H18N6OS/c30-22(24-19-11-3-4-12-21(19)28-14-5-6-15-28)16-31-23-25-26-27-29(23)20-13-7-9-17-8-1-2-10-18(17)20/h1-15H,16H2,(H,24,30). The Morgan fingerprint density at radius 3 is 2.52 bits per heavy atom. The molecule has 0 spiro atoms. The van der Waals surface area contributed by atoms with Crippen molar-refractivity contribution in [3.05, 3.63) is 91.3 Å². The van der Waals surface area contributed by atoms with Crippen molar-refractivity contribution in [3.63, 3.8) is 0 Å². The maximum atomic E-state index is 12.7. The summed E-state index contributed by atoms with van der Waals surface area (Å²) in [6, 6.07) is 25.6. The molecule has 2 aromatic heterocycles. The number of anilines is 1. The minimum absolute atomic E-state index is 0.128. The highest BCUT2D eigenvalue weighted by atomic mass is 32.2. The van der Waals surface area contributed by atoms with Gasteiger partial charge in [0, 0.05) is 17.8 Å². The van der Waals surface area contributed by atoms with E-state index in [9.17, 15) is 4.79 Å². The van der Waals surface area contributed by atoms with Gasteiger partial charge in [-0.15, -0.1) is 5.10 Å². The number of amides is 1. The molecular formula is C23H18N6OS. The van der Waals surface area contributed by atoms with Gasteiger partial charge in [-0.25, -0.2) is 0 Å². The van der Waals surface area contributed by atoms with E-state index in [1.165, 1.54) is 11.8 Å². The molecule has 152 valence electrons. The van der Waals surface area contributed by atoms with Crippen molar-refractivity contribution >= 4 is 34.1 Å². The molecule has 0 bridgehead atoms. The number of carbonyl (C=O) groups excluding carboxylic acids is 1. The van der Waals surface area contributed by atoms with Crippen LogP contribution in [0.5, 0.6) is 0 Å². The lowest BCUT2D eigenvalue weighted by Crippen LogP contribution is -2.16. The summed E-state index contributed by atoms with van der Waals surface area (Å²) in [5.74, 6) is 0.0580. The van der Waals surface area contributed by atoms with E-state index in [0.29, 0.717) is 5.16 Å². The molecule has 5 rings (SSSR count). The van der Waals surface area contributed by atoms with Crippen LogP contribution >= 0.6 is 11.8 Å². The van der Waals surface area contributed by atoms with Crippen LogP contribution < -0.4 is 5.32 Å². The first kappa shape index (κ1) is 19.1. The molecule has 3 aromatic carbocycles. The normalized spacial score (nSPS) is 11.0. The Bertz CT molecular complexity index is 1340. The monoisotopic (exact) mass is 426 g/mol. The van der Waals surface area contributed by atoms with Crippen LogP contribution in [0.25, 0.3) is 22.1 Å². The number of aromatic nitrogens is 5. The second kappa shape index (κ2) is 8.45. The quantitative estimate of drug-likeness (QED) is 0.409. The number of tetrazole rings is 1. The summed E-state index contributed by atoms with van der Waals surface area (Å²) in [5, 5.41) is 17.8. The van der Waals surface area contributed by atoms with Crippen molar-refractivity contribution in [2.45, 2.75) is 5.16 Å². The zero-order valence-electron chi connectivity index (χ0n) is 16.4. The Balaban J connectivity index is 1.33. The van der Waals surface area contributed by atoms with Gasteiger partial charge in [-0.3, -0.25) is 4.79 Å². The summed E-state index contributed by atoms with van der Waals surface area (Å²) in [4.78, 5) is 12.7. The van der Waals surface area contributed by atoms with E-state index in [-0.39, 0.29) is 11.7 Å². The summed E-state index contributed by atoms with van der Waals surface area (Å²) < 4.78 is 3.64. The van der Waals surface area contributed by atoms with Crippen LogP contribution in [0.3, 0.4) is 0 Å². The lowest BCUT2D eigenvalue weighted by atomic mass is 10.1. The summed E-state index contributed by atoms with van der Waals surface area (Å²) >= 11 is 1.30. The lowest BCUT2D eigenvalue weighted by Gasteiger charge is -2.12. The molecule has 1 N–H and O–H groups in total. The lowest BCUT2D eigenvalue weighted by molar-refractivity contribution is -0.113. The van der Waals surface area contributed by atoms with Gasteiger partial charge in [0.05, 0.1) is 22.8 Å². The van der Waals surface area contributed by atoms with Crippen LogP contribution in [0.2, 0.25) is 0 Å². The van der Waals surface area contributed by atoms with E-state index in [0.717, 1.165) is 27.8 Å². The van der Waals surface area contributed by atoms with Crippen LogP contribution in [0, 0.1) is 0 Å². The Labute approximate surface area is 182 Å².